The van der Waals surface area contributed by atoms with Gasteiger partial charge in [0.25, 0.3) is 0 Å². The van der Waals surface area contributed by atoms with E-state index in [9.17, 15) is 4.39 Å². The third kappa shape index (κ3) is 3.10. The van der Waals surface area contributed by atoms with E-state index in [1.165, 1.54) is 17.7 Å². The number of hydrogen-bond donors (Lipinski definition) is 0. The number of fused-ring (bicyclic) bond motifs is 3. The Hall–Kier alpha value is -3.55. The fraction of sp³-hybridized carbons (Fsp3) is 0.304. The van der Waals surface area contributed by atoms with Crippen LogP contribution in [-0.4, -0.2) is 37.8 Å². The molecule has 0 radical (unpaired) electrons. The van der Waals surface area contributed by atoms with Gasteiger partial charge in [0, 0.05) is 49.7 Å². The minimum absolute atomic E-state index is 0.277. The zero-order chi connectivity index (χ0) is 20.9. The van der Waals surface area contributed by atoms with E-state index in [0.717, 1.165) is 60.0 Å². The van der Waals surface area contributed by atoms with Gasteiger partial charge in [0.1, 0.15) is 23.8 Å². The molecule has 0 amide bonds. The first-order chi connectivity index (χ1) is 15.2. The standard InChI is InChI=1S/C23H22FN7/c1-15-11-30(22-4-6-28-31(22)12-15)18-8-16-13-29(7-5-20(16)25-10-18)23-19-9-17(24)2-3-21(19)26-14-27-23/h2-4,6,8-10,14-15H,5,7,11-13H2,1H3. The summed E-state index contributed by atoms with van der Waals surface area (Å²) in [5, 5.41) is 5.20. The van der Waals surface area contributed by atoms with Crippen LogP contribution in [0.4, 0.5) is 21.7 Å². The summed E-state index contributed by atoms with van der Waals surface area (Å²) >= 11 is 0. The molecule has 7 nitrogen and oxygen atoms in total. The highest BCUT2D eigenvalue weighted by Gasteiger charge is 2.26. The normalized spacial score (nSPS) is 18.2. The summed E-state index contributed by atoms with van der Waals surface area (Å²) in [6, 6.07) is 8.94. The summed E-state index contributed by atoms with van der Waals surface area (Å²) in [5.41, 5.74) is 4.12. The molecular weight excluding hydrogens is 393 g/mol. The molecule has 156 valence electrons. The number of nitrogens with zero attached hydrogens (tertiary/aromatic N) is 7. The molecule has 4 aromatic rings. The maximum absolute atomic E-state index is 13.9. The molecule has 1 atom stereocenters. The Labute approximate surface area is 179 Å². The molecule has 0 aliphatic carbocycles. The summed E-state index contributed by atoms with van der Waals surface area (Å²) in [6.45, 7) is 5.58. The number of hydrogen-bond acceptors (Lipinski definition) is 6. The highest BCUT2D eigenvalue weighted by Crippen LogP contribution is 2.33. The first kappa shape index (κ1) is 18.2. The molecule has 6 rings (SSSR count). The lowest BCUT2D eigenvalue weighted by atomic mass is 10.0. The van der Waals surface area contributed by atoms with Gasteiger partial charge in [0.15, 0.2) is 0 Å². The molecule has 5 heterocycles. The lowest BCUT2D eigenvalue weighted by Crippen LogP contribution is -2.35. The highest BCUT2D eigenvalue weighted by molar-refractivity contribution is 5.89. The first-order valence-corrected chi connectivity index (χ1v) is 10.6. The van der Waals surface area contributed by atoms with Crippen LogP contribution in [0.5, 0.6) is 0 Å². The zero-order valence-electron chi connectivity index (χ0n) is 17.2. The van der Waals surface area contributed by atoms with Gasteiger partial charge in [0.05, 0.1) is 23.6 Å². The van der Waals surface area contributed by atoms with Crippen molar-refractivity contribution in [2.24, 2.45) is 5.92 Å². The lowest BCUT2D eigenvalue weighted by molar-refractivity contribution is 0.423. The van der Waals surface area contributed by atoms with E-state index in [0.29, 0.717) is 12.5 Å². The Morgan fingerprint density at radius 1 is 1.06 bits per heavy atom. The number of benzene rings is 1. The van der Waals surface area contributed by atoms with Crippen molar-refractivity contribution >= 4 is 28.2 Å². The van der Waals surface area contributed by atoms with E-state index >= 15 is 0 Å². The van der Waals surface area contributed by atoms with Crippen molar-refractivity contribution in [1.82, 2.24) is 24.7 Å². The molecule has 0 bridgehead atoms. The maximum atomic E-state index is 13.9. The van der Waals surface area contributed by atoms with Crippen molar-refractivity contribution in [2.45, 2.75) is 26.4 Å². The molecule has 31 heavy (non-hydrogen) atoms. The second-order valence-corrected chi connectivity index (χ2v) is 8.42. The summed E-state index contributed by atoms with van der Waals surface area (Å²) in [7, 11) is 0. The van der Waals surface area contributed by atoms with Gasteiger partial charge in [-0.15, -0.1) is 0 Å². The topological polar surface area (TPSA) is 63.0 Å². The van der Waals surface area contributed by atoms with Crippen molar-refractivity contribution in [3.63, 3.8) is 0 Å². The van der Waals surface area contributed by atoms with Gasteiger partial charge in [-0.25, -0.2) is 19.0 Å². The van der Waals surface area contributed by atoms with Crippen molar-refractivity contribution in [2.75, 3.05) is 22.9 Å². The van der Waals surface area contributed by atoms with E-state index < -0.39 is 0 Å². The number of aromatic nitrogens is 5. The zero-order valence-corrected chi connectivity index (χ0v) is 17.2. The number of anilines is 3. The van der Waals surface area contributed by atoms with Crippen LogP contribution in [0.15, 0.2) is 49.1 Å². The molecule has 1 aromatic carbocycles. The van der Waals surface area contributed by atoms with Gasteiger partial charge in [-0.3, -0.25) is 4.98 Å². The van der Waals surface area contributed by atoms with Crippen molar-refractivity contribution in [1.29, 1.82) is 0 Å². The Morgan fingerprint density at radius 3 is 2.94 bits per heavy atom. The summed E-state index contributed by atoms with van der Waals surface area (Å²) in [5.74, 6) is 2.10. The van der Waals surface area contributed by atoms with Crippen molar-refractivity contribution in [3.05, 3.63) is 66.1 Å². The van der Waals surface area contributed by atoms with E-state index in [1.54, 1.807) is 12.4 Å². The molecule has 8 heteroatoms. The predicted octanol–water partition coefficient (Wildman–Crippen LogP) is 3.71. The van der Waals surface area contributed by atoms with Gasteiger partial charge >= 0.3 is 0 Å². The van der Waals surface area contributed by atoms with Gasteiger partial charge < -0.3 is 9.80 Å². The SMILES string of the molecule is CC1CN(c2cnc3c(c2)CN(c2ncnc4ccc(F)cc24)CC3)c2ccnn2C1. The van der Waals surface area contributed by atoms with Gasteiger partial charge in [-0.1, -0.05) is 6.92 Å². The first-order valence-electron chi connectivity index (χ1n) is 10.6. The largest absolute Gasteiger partial charge is 0.351 e. The third-order valence-corrected chi connectivity index (χ3v) is 6.16. The monoisotopic (exact) mass is 415 g/mol. The second kappa shape index (κ2) is 7.01. The van der Waals surface area contributed by atoms with Gasteiger partial charge in [-0.05, 0) is 35.7 Å². The second-order valence-electron chi connectivity index (χ2n) is 8.42. The van der Waals surface area contributed by atoms with Gasteiger partial charge in [-0.2, -0.15) is 5.10 Å². The average molecular weight is 415 g/mol. The molecular formula is C23H22FN7. The fourth-order valence-corrected chi connectivity index (χ4v) is 4.70. The van der Waals surface area contributed by atoms with Crippen LogP contribution in [0.25, 0.3) is 10.9 Å². The summed E-state index contributed by atoms with van der Waals surface area (Å²) < 4.78 is 16.0. The van der Waals surface area contributed by atoms with Gasteiger partial charge in [0.2, 0.25) is 0 Å². The quantitative estimate of drug-likeness (QED) is 0.497. The summed E-state index contributed by atoms with van der Waals surface area (Å²) in [6.07, 6.45) is 6.20. The maximum Gasteiger partial charge on any atom is 0.140 e. The van der Waals surface area contributed by atoms with Crippen LogP contribution in [-0.2, 0) is 19.5 Å². The number of pyridine rings is 1. The molecule has 1 unspecified atom stereocenters. The molecule has 0 spiro atoms. The molecule has 3 aromatic heterocycles. The highest BCUT2D eigenvalue weighted by atomic mass is 19.1. The molecule has 2 aliphatic rings. The van der Waals surface area contributed by atoms with Crippen LogP contribution < -0.4 is 9.80 Å². The van der Waals surface area contributed by atoms with Crippen molar-refractivity contribution < 1.29 is 4.39 Å². The smallest absolute Gasteiger partial charge is 0.140 e. The van der Waals surface area contributed by atoms with Crippen molar-refractivity contribution in [3.8, 4) is 0 Å². The van der Waals surface area contributed by atoms with Crippen LogP contribution in [0.1, 0.15) is 18.2 Å². The minimum atomic E-state index is -0.277. The Morgan fingerprint density at radius 2 is 2.00 bits per heavy atom. The minimum Gasteiger partial charge on any atom is -0.351 e. The fourth-order valence-electron chi connectivity index (χ4n) is 4.70. The molecule has 0 saturated heterocycles. The van der Waals surface area contributed by atoms with Crippen LogP contribution in [0.2, 0.25) is 0 Å². The van der Waals surface area contributed by atoms with Crippen LogP contribution in [0.3, 0.4) is 0 Å². The van der Waals surface area contributed by atoms with E-state index in [2.05, 4.69) is 48.6 Å². The number of halogens is 1. The Balaban J connectivity index is 1.36. The van der Waals surface area contributed by atoms with E-state index in [4.69, 9.17) is 4.98 Å². The van der Waals surface area contributed by atoms with Crippen LogP contribution >= 0.6 is 0 Å². The number of rotatable bonds is 2. The van der Waals surface area contributed by atoms with E-state index in [1.807, 2.05) is 12.4 Å². The Kier molecular flexibility index (Phi) is 4.12. The molecule has 0 fully saturated rings. The predicted molar refractivity (Wildman–Crippen MR) is 117 cm³/mol. The Bertz CT molecular complexity index is 1280. The van der Waals surface area contributed by atoms with E-state index in [-0.39, 0.29) is 5.82 Å². The molecule has 0 N–H and O–H groups in total. The third-order valence-electron chi connectivity index (χ3n) is 6.16. The van der Waals surface area contributed by atoms with Crippen LogP contribution in [0, 0.1) is 11.7 Å². The molecule has 2 aliphatic heterocycles. The lowest BCUT2D eigenvalue weighted by Gasteiger charge is -2.34. The summed E-state index contributed by atoms with van der Waals surface area (Å²) in [4.78, 5) is 18.1. The average Bonchev–Trinajstić information content (AvgIpc) is 3.25. The molecule has 0 saturated carbocycles.